The summed E-state index contributed by atoms with van der Waals surface area (Å²) in [5.74, 6) is -0.988. The van der Waals surface area contributed by atoms with Crippen molar-refractivity contribution in [1.82, 2.24) is 5.32 Å². The smallest absolute Gasteiger partial charge is 0.267 e. The molecule has 6 nitrogen and oxygen atoms in total. The summed E-state index contributed by atoms with van der Waals surface area (Å²) in [5.41, 5.74) is 0. The molecule has 2 unspecified atom stereocenters. The number of rotatable bonds is 33. The Morgan fingerprint density at radius 2 is 0.955 bits per heavy atom. The molecule has 260 valence electrons. The lowest BCUT2D eigenvalue weighted by molar-refractivity contribution is -0.122. The molecule has 0 fully saturated rings. The van der Waals surface area contributed by atoms with Crippen LogP contribution in [0.5, 0.6) is 0 Å². The van der Waals surface area contributed by atoms with Gasteiger partial charge in [0.2, 0.25) is 5.91 Å². The Bertz CT molecular complexity index is 796. The highest BCUT2D eigenvalue weighted by molar-refractivity contribution is 7.85. The van der Waals surface area contributed by atoms with Gasteiger partial charge in [-0.15, -0.1) is 0 Å². The normalized spacial score (nSPS) is 13.6. The van der Waals surface area contributed by atoms with Gasteiger partial charge in [-0.3, -0.25) is 9.35 Å². The van der Waals surface area contributed by atoms with Crippen molar-refractivity contribution < 1.29 is 22.9 Å². The van der Waals surface area contributed by atoms with Crippen LogP contribution in [0.15, 0.2) is 24.3 Å². The quantitative estimate of drug-likeness (QED) is 0.0376. The fourth-order valence-electron chi connectivity index (χ4n) is 5.56. The van der Waals surface area contributed by atoms with Crippen molar-refractivity contribution in [3.63, 3.8) is 0 Å². The summed E-state index contributed by atoms with van der Waals surface area (Å²) >= 11 is 0. The van der Waals surface area contributed by atoms with Crippen LogP contribution in [0.25, 0.3) is 0 Å². The van der Waals surface area contributed by atoms with Crippen molar-refractivity contribution in [2.45, 2.75) is 199 Å². The third kappa shape index (κ3) is 32.2. The number of aliphatic hydroxyl groups is 1. The first-order chi connectivity index (χ1) is 21.3. The van der Waals surface area contributed by atoms with Crippen LogP contribution in [0.1, 0.15) is 187 Å². The van der Waals surface area contributed by atoms with Gasteiger partial charge in [-0.2, -0.15) is 8.42 Å². The summed E-state index contributed by atoms with van der Waals surface area (Å²) in [6.07, 6.45) is 38.7. The minimum atomic E-state index is -4.34. The number of allylic oxidation sites excluding steroid dienone is 3. The number of hydrogen-bond acceptors (Lipinski definition) is 4. The van der Waals surface area contributed by atoms with E-state index in [2.05, 4.69) is 31.3 Å². The molecule has 0 aromatic heterocycles. The third-order valence-electron chi connectivity index (χ3n) is 8.37. The van der Waals surface area contributed by atoms with E-state index in [0.717, 1.165) is 57.8 Å². The number of carbonyl (C=O) groups excluding carboxylic acids is 1. The molecule has 0 radical (unpaired) electrons. The summed E-state index contributed by atoms with van der Waals surface area (Å²) in [5, 5.41) is 13.2. The van der Waals surface area contributed by atoms with Gasteiger partial charge in [0.25, 0.3) is 10.1 Å². The topological polar surface area (TPSA) is 104 Å². The standard InChI is InChI=1S/C37H71NO5S/c1-3-5-7-9-11-13-15-17-18-19-20-21-22-24-26-28-30-32-36(39)35(34-44(41,42)43)38-37(40)33-31-29-27-25-23-16-14-12-10-8-6-4-2/h12,14,30,32,35-36,39H,3-11,13,15-29,31,33-34H2,1-2H3,(H,38,40)(H,41,42,43)/b14-12-,32-30+. The Hall–Kier alpha value is -1.18. The maximum atomic E-state index is 12.4. The molecule has 0 rings (SSSR count). The van der Waals surface area contributed by atoms with E-state index in [1.54, 1.807) is 6.08 Å². The number of nitrogens with one attached hydrogen (secondary N) is 1. The average molecular weight is 642 g/mol. The van der Waals surface area contributed by atoms with Gasteiger partial charge in [-0.25, -0.2) is 0 Å². The zero-order valence-corrected chi connectivity index (χ0v) is 29.6. The van der Waals surface area contributed by atoms with Gasteiger partial charge in [-0.1, -0.05) is 160 Å². The van der Waals surface area contributed by atoms with Crippen LogP contribution in [0.3, 0.4) is 0 Å². The summed E-state index contributed by atoms with van der Waals surface area (Å²) < 4.78 is 32.3. The van der Waals surface area contributed by atoms with Crippen LogP contribution >= 0.6 is 0 Å². The van der Waals surface area contributed by atoms with E-state index in [1.165, 1.54) is 109 Å². The van der Waals surface area contributed by atoms with Crippen molar-refractivity contribution in [2.24, 2.45) is 0 Å². The second kappa shape index (κ2) is 31.8. The van der Waals surface area contributed by atoms with Gasteiger partial charge >= 0.3 is 0 Å². The minimum absolute atomic E-state index is 0.287. The predicted molar refractivity (Wildman–Crippen MR) is 189 cm³/mol. The zero-order valence-electron chi connectivity index (χ0n) is 28.8. The van der Waals surface area contributed by atoms with Gasteiger partial charge in [0.05, 0.1) is 17.9 Å². The molecule has 0 spiro atoms. The number of amides is 1. The van der Waals surface area contributed by atoms with Gasteiger partial charge < -0.3 is 10.4 Å². The Labute approximate surface area is 273 Å². The molecule has 3 N–H and O–H groups in total. The Morgan fingerprint density at radius 3 is 1.41 bits per heavy atom. The summed E-state index contributed by atoms with van der Waals surface area (Å²) in [4.78, 5) is 12.4. The van der Waals surface area contributed by atoms with Crippen LogP contribution in [-0.2, 0) is 14.9 Å². The van der Waals surface area contributed by atoms with Crippen LogP contribution in [0.2, 0.25) is 0 Å². The maximum absolute atomic E-state index is 12.4. The van der Waals surface area contributed by atoms with E-state index in [4.69, 9.17) is 0 Å². The van der Waals surface area contributed by atoms with E-state index in [-0.39, 0.29) is 12.3 Å². The highest BCUT2D eigenvalue weighted by Crippen LogP contribution is 2.14. The van der Waals surface area contributed by atoms with Crippen LogP contribution in [0, 0.1) is 0 Å². The van der Waals surface area contributed by atoms with Crippen LogP contribution in [-0.4, -0.2) is 41.9 Å². The van der Waals surface area contributed by atoms with Gasteiger partial charge in [-0.05, 0) is 44.9 Å². The number of carbonyl (C=O) groups is 1. The summed E-state index contributed by atoms with van der Waals surface area (Å²) in [7, 11) is -4.34. The highest BCUT2D eigenvalue weighted by atomic mass is 32.2. The van der Waals surface area contributed by atoms with Crippen molar-refractivity contribution >= 4 is 16.0 Å². The van der Waals surface area contributed by atoms with Gasteiger partial charge in [0.1, 0.15) is 0 Å². The molecule has 0 aromatic carbocycles. The van der Waals surface area contributed by atoms with Crippen molar-refractivity contribution in [2.75, 3.05) is 5.75 Å². The lowest BCUT2D eigenvalue weighted by atomic mass is 10.0. The number of hydrogen-bond donors (Lipinski definition) is 3. The van der Waals surface area contributed by atoms with E-state index >= 15 is 0 Å². The Kier molecular flexibility index (Phi) is 30.9. The first-order valence-corrected chi connectivity index (χ1v) is 20.1. The van der Waals surface area contributed by atoms with Gasteiger partial charge in [0.15, 0.2) is 0 Å². The molecular formula is C37H71NO5S. The van der Waals surface area contributed by atoms with E-state index in [0.29, 0.717) is 0 Å². The van der Waals surface area contributed by atoms with E-state index in [1.807, 2.05) is 6.08 Å². The first-order valence-electron chi connectivity index (χ1n) is 18.5. The monoisotopic (exact) mass is 642 g/mol. The molecule has 0 saturated carbocycles. The van der Waals surface area contributed by atoms with E-state index in [9.17, 15) is 22.9 Å². The average Bonchev–Trinajstić information content (AvgIpc) is 2.98. The predicted octanol–water partition coefficient (Wildman–Crippen LogP) is 10.4. The lowest BCUT2D eigenvalue weighted by Gasteiger charge is -2.21. The molecule has 7 heteroatoms. The van der Waals surface area contributed by atoms with Crippen LogP contribution in [0.4, 0.5) is 0 Å². The second-order valence-electron chi connectivity index (χ2n) is 12.9. The first kappa shape index (κ1) is 42.8. The largest absolute Gasteiger partial charge is 0.387 e. The maximum Gasteiger partial charge on any atom is 0.267 e. The molecule has 0 bridgehead atoms. The number of aliphatic hydroxyl groups excluding tert-OH is 1. The van der Waals surface area contributed by atoms with Gasteiger partial charge in [0, 0.05) is 6.42 Å². The molecule has 0 aliphatic carbocycles. The molecular weight excluding hydrogens is 570 g/mol. The number of unbranched alkanes of at least 4 members (excludes halogenated alkanes) is 23. The fourth-order valence-corrected chi connectivity index (χ4v) is 6.30. The lowest BCUT2D eigenvalue weighted by Crippen LogP contribution is -2.46. The van der Waals surface area contributed by atoms with E-state index < -0.39 is 28.0 Å². The zero-order chi connectivity index (χ0) is 32.6. The van der Waals surface area contributed by atoms with Crippen molar-refractivity contribution in [3.8, 4) is 0 Å². The minimum Gasteiger partial charge on any atom is -0.387 e. The summed E-state index contributed by atoms with van der Waals surface area (Å²) in [6, 6.07) is -1.06. The third-order valence-corrected chi connectivity index (χ3v) is 9.15. The highest BCUT2D eigenvalue weighted by Gasteiger charge is 2.24. The van der Waals surface area contributed by atoms with Crippen molar-refractivity contribution in [3.05, 3.63) is 24.3 Å². The van der Waals surface area contributed by atoms with Crippen molar-refractivity contribution in [1.29, 1.82) is 0 Å². The molecule has 0 saturated heterocycles. The molecule has 1 amide bonds. The molecule has 0 heterocycles. The fraction of sp³-hybridized carbons (Fsp3) is 0.865. The Balaban J connectivity index is 3.97. The van der Waals surface area contributed by atoms with Crippen LogP contribution < -0.4 is 5.32 Å². The molecule has 0 aliphatic rings. The SMILES string of the molecule is CCCCC/C=C\CCCCCCCC(=O)NC(CS(=O)(=O)O)C(O)/C=C/CCCCCCCCCCCCCCCCC. The molecule has 0 aliphatic heterocycles. The molecule has 0 aromatic rings. The second-order valence-corrected chi connectivity index (χ2v) is 14.4. The Morgan fingerprint density at radius 1 is 0.591 bits per heavy atom. The molecule has 44 heavy (non-hydrogen) atoms. The molecule has 2 atom stereocenters. The summed E-state index contributed by atoms with van der Waals surface area (Å²) in [6.45, 7) is 4.48.